The molecule has 2 aromatic carbocycles. The fourth-order valence-electron chi connectivity index (χ4n) is 2.27. The largest absolute Gasteiger partial charge is 0.378 e. The van der Waals surface area contributed by atoms with Gasteiger partial charge in [-0.1, -0.05) is 28.1 Å². The van der Waals surface area contributed by atoms with Crippen molar-refractivity contribution in [1.82, 2.24) is 4.72 Å². The average Bonchev–Trinajstić information content (AvgIpc) is 2.47. The third kappa shape index (κ3) is 5.06. The van der Waals surface area contributed by atoms with Gasteiger partial charge in [0.2, 0.25) is 10.0 Å². The zero-order valence-electron chi connectivity index (χ0n) is 13.5. The summed E-state index contributed by atoms with van der Waals surface area (Å²) in [5.41, 5.74) is 2.22. The van der Waals surface area contributed by atoms with E-state index in [0.717, 1.165) is 15.7 Å². The minimum atomic E-state index is -3.50. The second kappa shape index (κ2) is 7.47. The minimum absolute atomic E-state index is 0.186. The van der Waals surface area contributed by atoms with E-state index in [1.165, 1.54) is 0 Å². The van der Waals surface area contributed by atoms with Crippen LogP contribution in [0.3, 0.4) is 0 Å². The van der Waals surface area contributed by atoms with Gasteiger partial charge in [-0.25, -0.2) is 13.1 Å². The van der Waals surface area contributed by atoms with Gasteiger partial charge in [0.1, 0.15) is 0 Å². The molecular formula is C17H21BrN2O2S. The van der Waals surface area contributed by atoms with E-state index >= 15 is 0 Å². The van der Waals surface area contributed by atoms with Gasteiger partial charge in [-0.2, -0.15) is 0 Å². The van der Waals surface area contributed by atoms with Gasteiger partial charge in [-0.3, -0.25) is 0 Å². The fraction of sp³-hybridized carbons (Fsp3) is 0.294. The number of anilines is 1. The second-order valence-corrected chi connectivity index (χ2v) is 8.37. The summed E-state index contributed by atoms with van der Waals surface area (Å²) in [6.45, 7) is 1.87. The molecule has 0 fully saturated rings. The Morgan fingerprint density at radius 3 is 2.13 bits per heavy atom. The molecule has 6 heteroatoms. The maximum absolute atomic E-state index is 12.4. The number of halogens is 1. The lowest BCUT2D eigenvalue weighted by Crippen LogP contribution is -2.34. The second-order valence-electron chi connectivity index (χ2n) is 5.74. The fourth-order valence-corrected chi connectivity index (χ4v) is 3.78. The Kier molecular flexibility index (Phi) is 5.84. The summed E-state index contributed by atoms with van der Waals surface area (Å²) in [6.07, 6.45) is 0.642. The summed E-state index contributed by atoms with van der Waals surface area (Å²) >= 11 is 3.30. The highest BCUT2D eigenvalue weighted by Crippen LogP contribution is 2.16. The quantitative estimate of drug-likeness (QED) is 0.813. The summed E-state index contributed by atoms with van der Waals surface area (Å²) in [6, 6.07) is 14.6. The monoisotopic (exact) mass is 396 g/mol. The van der Waals surface area contributed by atoms with Crippen molar-refractivity contribution in [3.8, 4) is 0 Å². The van der Waals surface area contributed by atoms with Gasteiger partial charge >= 0.3 is 0 Å². The summed E-state index contributed by atoms with van der Waals surface area (Å²) < 4.78 is 28.3. The smallest absolute Gasteiger partial charge is 0.240 e. The van der Waals surface area contributed by atoms with Gasteiger partial charge in [-0.15, -0.1) is 0 Å². The van der Waals surface area contributed by atoms with Gasteiger partial charge < -0.3 is 4.90 Å². The molecule has 124 valence electrons. The summed E-state index contributed by atoms with van der Waals surface area (Å²) in [5, 5.41) is 0. The molecule has 2 aromatic rings. The van der Waals surface area contributed by atoms with Crippen LogP contribution in [0.5, 0.6) is 0 Å². The zero-order valence-corrected chi connectivity index (χ0v) is 15.9. The first-order chi connectivity index (χ1) is 10.8. The molecule has 0 aliphatic rings. The molecular weight excluding hydrogens is 376 g/mol. The molecule has 4 nitrogen and oxygen atoms in total. The standard InChI is InChI=1S/C17H21BrN2O2S/c1-13(12-14-4-8-16(9-5-14)20(2)3)19-23(21,22)17-10-6-15(18)7-11-17/h4-11,13,19H,12H2,1-3H3. The number of hydrogen-bond donors (Lipinski definition) is 1. The van der Waals surface area contributed by atoms with Crippen LogP contribution in [0.4, 0.5) is 5.69 Å². The predicted molar refractivity (Wildman–Crippen MR) is 98.4 cm³/mol. The van der Waals surface area contributed by atoms with Crippen LogP contribution in [-0.4, -0.2) is 28.6 Å². The lowest BCUT2D eigenvalue weighted by Gasteiger charge is -2.16. The number of hydrogen-bond acceptors (Lipinski definition) is 3. The molecule has 0 saturated carbocycles. The lowest BCUT2D eigenvalue weighted by molar-refractivity contribution is 0.560. The highest BCUT2D eigenvalue weighted by Gasteiger charge is 2.17. The van der Waals surface area contributed by atoms with Crippen LogP contribution in [0.25, 0.3) is 0 Å². The molecule has 0 spiro atoms. The molecule has 0 saturated heterocycles. The maximum Gasteiger partial charge on any atom is 0.240 e. The van der Waals surface area contributed by atoms with E-state index < -0.39 is 10.0 Å². The molecule has 0 aliphatic carbocycles. The molecule has 1 atom stereocenters. The van der Waals surface area contributed by atoms with Gasteiger partial charge in [0.15, 0.2) is 0 Å². The van der Waals surface area contributed by atoms with E-state index in [0.29, 0.717) is 6.42 Å². The number of rotatable bonds is 6. The Bertz CT molecular complexity index is 741. The molecule has 0 aliphatic heterocycles. The molecule has 23 heavy (non-hydrogen) atoms. The topological polar surface area (TPSA) is 49.4 Å². The Labute approximate surface area is 146 Å². The minimum Gasteiger partial charge on any atom is -0.378 e. The summed E-state index contributed by atoms with van der Waals surface area (Å²) in [7, 11) is 0.483. The predicted octanol–water partition coefficient (Wildman–Crippen LogP) is 3.42. The lowest BCUT2D eigenvalue weighted by atomic mass is 10.1. The van der Waals surface area contributed by atoms with E-state index in [1.807, 2.05) is 50.2 Å². The molecule has 1 unspecified atom stereocenters. The van der Waals surface area contributed by atoms with Crippen LogP contribution in [0.1, 0.15) is 12.5 Å². The van der Waals surface area contributed by atoms with Crippen molar-refractivity contribution in [3.05, 3.63) is 58.6 Å². The normalized spacial score (nSPS) is 12.9. The van der Waals surface area contributed by atoms with Crippen LogP contribution in [0.2, 0.25) is 0 Å². The van der Waals surface area contributed by atoms with Crippen molar-refractivity contribution < 1.29 is 8.42 Å². The molecule has 0 amide bonds. The van der Waals surface area contributed by atoms with Crippen LogP contribution >= 0.6 is 15.9 Å². The number of benzene rings is 2. The van der Waals surface area contributed by atoms with Crippen molar-refractivity contribution in [1.29, 1.82) is 0 Å². The SMILES string of the molecule is CC(Cc1ccc(N(C)C)cc1)NS(=O)(=O)c1ccc(Br)cc1. The van der Waals surface area contributed by atoms with Crippen LogP contribution in [0.15, 0.2) is 57.9 Å². The van der Waals surface area contributed by atoms with Gasteiger partial charge in [-0.05, 0) is 55.3 Å². The van der Waals surface area contributed by atoms with E-state index in [2.05, 4.69) is 20.7 Å². The molecule has 0 aromatic heterocycles. The molecule has 0 bridgehead atoms. The van der Waals surface area contributed by atoms with E-state index in [9.17, 15) is 8.42 Å². The van der Waals surface area contributed by atoms with Crippen molar-refractivity contribution in [3.63, 3.8) is 0 Å². The first-order valence-corrected chi connectivity index (χ1v) is 9.60. The maximum atomic E-state index is 12.4. The van der Waals surface area contributed by atoms with Gasteiger partial charge in [0.25, 0.3) is 0 Å². The number of sulfonamides is 1. The van der Waals surface area contributed by atoms with Crippen LogP contribution in [-0.2, 0) is 16.4 Å². The number of nitrogens with zero attached hydrogens (tertiary/aromatic N) is 1. The van der Waals surface area contributed by atoms with Crippen molar-refractivity contribution in [2.24, 2.45) is 0 Å². The molecule has 0 heterocycles. The third-order valence-corrected chi connectivity index (χ3v) is 5.61. The molecule has 0 radical (unpaired) electrons. The van der Waals surface area contributed by atoms with Crippen LogP contribution in [0, 0.1) is 0 Å². The van der Waals surface area contributed by atoms with Crippen molar-refractivity contribution in [2.75, 3.05) is 19.0 Å². The summed E-state index contributed by atoms with van der Waals surface area (Å²) in [5.74, 6) is 0. The molecule has 2 rings (SSSR count). The van der Waals surface area contributed by atoms with Gasteiger partial charge in [0, 0.05) is 30.3 Å². The van der Waals surface area contributed by atoms with Crippen molar-refractivity contribution >= 4 is 31.6 Å². The van der Waals surface area contributed by atoms with Crippen molar-refractivity contribution in [2.45, 2.75) is 24.3 Å². The summed E-state index contributed by atoms with van der Waals surface area (Å²) in [4.78, 5) is 2.30. The first-order valence-electron chi connectivity index (χ1n) is 7.32. The van der Waals surface area contributed by atoms with Crippen LogP contribution < -0.4 is 9.62 Å². The van der Waals surface area contributed by atoms with E-state index in [-0.39, 0.29) is 10.9 Å². The Morgan fingerprint density at radius 1 is 1.04 bits per heavy atom. The third-order valence-electron chi connectivity index (χ3n) is 3.47. The van der Waals surface area contributed by atoms with Gasteiger partial charge in [0.05, 0.1) is 4.90 Å². The first kappa shape index (κ1) is 18.0. The Hall–Kier alpha value is -1.37. The van der Waals surface area contributed by atoms with E-state index in [4.69, 9.17) is 0 Å². The Morgan fingerprint density at radius 2 is 1.61 bits per heavy atom. The average molecular weight is 397 g/mol. The molecule has 1 N–H and O–H groups in total. The number of nitrogens with one attached hydrogen (secondary N) is 1. The highest BCUT2D eigenvalue weighted by atomic mass is 79.9. The Balaban J connectivity index is 2.03. The highest BCUT2D eigenvalue weighted by molar-refractivity contribution is 9.10. The zero-order chi connectivity index (χ0) is 17.0. The van der Waals surface area contributed by atoms with E-state index in [1.54, 1.807) is 24.3 Å².